The molecule has 0 spiro atoms. The molecule has 6 heterocycles. The molecule has 1 atom stereocenters. The minimum atomic E-state index is -0.465. The van der Waals surface area contributed by atoms with Gasteiger partial charge in [-0.1, -0.05) is 11.6 Å². The van der Waals surface area contributed by atoms with Crippen LogP contribution in [0.3, 0.4) is 0 Å². The van der Waals surface area contributed by atoms with Gasteiger partial charge in [0.15, 0.2) is 11.5 Å². The highest BCUT2D eigenvalue weighted by Crippen LogP contribution is 2.33. The number of benzene rings is 1. The van der Waals surface area contributed by atoms with Crippen LogP contribution in [0.5, 0.6) is 0 Å². The van der Waals surface area contributed by atoms with Crippen molar-refractivity contribution in [2.45, 2.75) is 44.1 Å². The summed E-state index contributed by atoms with van der Waals surface area (Å²) in [4.78, 5) is 53.9. The SMILES string of the molecule is CN1C(=O)Cc2cc(Nc3nc(N4CCC(Nc5ccc6c(C7CCC(=O)NC7=O)nn(C)c6n5)CC4)ncc3Cl)ccc21. The van der Waals surface area contributed by atoms with E-state index in [1.807, 2.05) is 37.4 Å². The van der Waals surface area contributed by atoms with Gasteiger partial charge in [0.1, 0.15) is 10.8 Å². The van der Waals surface area contributed by atoms with Gasteiger partial charge in [-0.05, 0) is 55.2 Å². The van der Waals surface area contributed by atoms with E-state index >= 15 is 0 Å². The zero-order valence-electron chi connectivity index (χ0n) is 24.3. The van der Waals surface area contributed by atoms with Gasteiger partial charge in [-0.3, -0.25) is 24.4 Å². The first kappa shape index (κ1) is 28.0. The summed E-state index contributed by atoms with van der Waals surface area (Å²) < 4.78 is 1.69. The predicted octanol–water partition coefficient (Wildman–Crippen LogP) is 3.28. The number of pyridine rings is 1. The van der Waals surface area contributed by atoms with E-state index in [4.69, 9.17) is 21.6 Å². The molecule has 0 bridgehead atoms. The fourth-order valence-electron chi connectivity index (χ4n) is 6.17. The molecule has 226 valence electrons. The molecule has 0 saturated carbocycles. The van der Waals surface area contributed by atoms with Gasteiger partial charge < -0.3 is 20.4 Å². The first-order valence-electron chi connectivity index (χ1n) is 14.6. The predicted molar refractivity (Wildman–Crippen MR) is 166 cm³/mol. The van der Waals surface area contributed by atoms with Gasteiger partial charge in [-0.2, -0.15) is 10.1 Å². The highest BCUT2D eigenvalue weighted by Gasteiger charge is 2.32. The van der Waals surface area contributed by atoms with Gasteiger partial charge in [-0.25, -0.2) is 9.97 Å². The molecular formula is C30H31ClN10O3. The Balaban J connectivity index is 0.999. The van der Waals surface area contributed by atoms with Gasteiger partial charge in [-0.15, -0.1) is 0 Å². The Morgan fingerprint density at radius 3 is 2.64 bits per heavy atom. The van der Waals surface area contributed by atoms with Gasteiger partial charge in [0, 0.05) is 56.4 Å². The van der Waals surface area contributed by atoms with Crippen molar-refractivity contribution < 1.29 is 14.4 Å². The second-order valence-electron chi connectivity index (χ2n) is 11.5. The quantitative estimate of drug-likeness (QED) is 0.276. The molecule has 7 rings (SSSR count). The van der Waals surface area contributed by atoms with Crippen molar-refractivity contribution in [3.63, 3.8) is 0 Å². The fourth-order valence-corrected chi connectivity index (χ4v) is 6.30. The number of imide groups is 1. The number of aromatic nitrogens is 5. The Morgan fingerprint density at radius 2 is 1.84 bits per heavy atom. The number of piperidine rings is 2. The number of carbonyl (C=O) groups is 3. The van der Waals surface area contributed by atoms with Crippen molar-refractivity contribution in [3.8, 4) is 0 Å². The highest BCUT2D eigenvalue weighted by atomic mass is 35.5. The Morgan fingerprint density at radius 1 is 1.02 bits per heavy atom. The molecule has 3 N–H and O–H groups in total. The minimum Gasteiger partial charge on any atom is -0.367 e. The number of nitrogens with one attached hydrogen (secondary N) is 3. The summed E-state index contributed by atoms with van der Waals surface area (Å²) in [5, 5.41) is 15.1. The van der Waals surface area contributed by atoms with E-state index in [1.54, 1.807) is 22.8 Å². The van der Waals surface area contributed by atoms with Gasteiger partial charge in [0.05, 0.1) is 24.2 Å². The lowest BCUT2D eigenvalue weighted by atomic mass is 9.93. The van der Waals surface area contributed by atoms with E-state index in [-0.39, 0.29) is 23.8 Å². The van der Waals surface area contributed by atoms with Crippen LogP contribution in [0.25, 0.3) is 11.0 Å². The number of aryl methyl sites for hydroxylation is 1. The number of amides is 3. The monoisotopic (exact) mass is 614 g/mol. The lowest BCUT2D eigenvalue weighted by Gasteiger charge is -2.32. The summed E-state index contributed by atoms with van der Waals surface area (Å²) >= 11 is 6.45. The molecule has 13 nitrogen and oxygen atoms in total. The number of hydrogen-bond donors (Lipinski definition) is 3. The summed E-state index contributed by atoms with van der Waals surface area (Å²) in [7, 11) is 3.59. The molecule has 1 unspecified atom stereocenters. The summed E-state index contributed by atoms with van der Waals surface area (Å²) in [6, 6.07) is 9.86. The van der Waals surface area contributed by atoms with Crippen LogP contribution in [-0.4, -0.2) is 68.6 Å². The first-order chi connectivity index (χ1) is 21.2. The van der Waals surface area contributed by atoms with Crippen LogP contribution < -0.4 is 25.8 Å². The Hall–Kier alpha value is -4.78. The molecule has 3 amide bonds. The zero-order chi connectivity index (χ0) is 30.5. The van der Waals surface area contributed by atoms with Crippen molar-refractivity contribution in [2.75, 3.05) is 40.6 Å². The minimum absolute atomic E-state index is 0.0737. The van der Waals surface area contributed by atoms with Crippen LogP contribution >= 0.6 is 11.6 Å². The van der Waals surface area contributed by atoms with Gasteiger partial charge in [0.25, 0.3) is 0 Å². The standard InChI is InChI=1S/C30H31ClN10O3/c1-39-22-6-3-18(13-16(22)14-25(39)43)34-27-21(31)15-32-30(37-27)41-11-9-17(10-12-41)33-23-7-4-19-26(38-40(2)28(19)35-23)20-5-8-24(42)36-29(20)44/h3-4,6-7,13,15,17,20H,5,8-12,14H2,1-2H3,(H,33,35)(H,32,34,37)(H,36,42,44). The third-order valence-corrected chi connectivity index (χ3v) is 8.84. The molecule has 1 aromatic carbocycles. The number of fused-ring (bicyclic) bond motifs is 2. The third-order valence-electron chi connectivity index (χ3n) is 8.57. The number of rotatable bonds is 6. The third kappa shape index (κ3) is 5.17. The molecule has 0 radical (unpaired) electrons. The first-order valence-corrected chi connectivity index (χ1v) is 15.0. The van der Waals surface area contributed by atoms with Crippen molar-refractivity contribution >= 4 is 69.3 Å². The van der Waals surface area contributed by atoms with Crippen molar-refractivity contribution in [2.24, 2.45) is 7.05 Å². The van der Waals surface area contributed by atoms with Crippen LogP contribution in [-0.2, 0) is 27.9 Å². The number of likely N-dealkylation sites (N-methyl/N-ethyl adjacent to an activating group) is 1. The van der Waals surface area contributed by atoms with E-state index in [2.05, 4.69) is 30.9 Å². The van der Waals surface area contributed by atoms with Gasteiger partial charge in [0.2, 0.25) is 23.7 Å². The second-order valence-corrected chi connectivity index (χ2v) is 11.9. The number of carbonyl (C=O) groups excluding carboxylic acids is 3. The topological polar surface area (TPSA) is 150 Å². The van der Waals surface area contributed by atoms with Crippen molar-refractivity contribution in [1.29, 1.82) is 0 Å². The molecule has 0 aliphatic carbocycles. The highest BCUT2D eigenvalue weighted by molar-refractivity contribution is 6.32. The molecule has 14 heteroatoms. The molecule has 3 aromatic heterocycles. The van der Waals surface area contributed by atoms with Crippen LogP contribution in [0.15, 0.2) is 36.5 Å². The van der Waals surface area contributed by atoms with Crippen LogP contribution in [0.4, 0.5) is 29.0 Å². The average molecular weight is 615 g/mol. The summed E-state index contributed by atoms with van der Waals surface area (Å²) in [5.74, 6) is 0.909. The maximum atomic E-state index is 12.4. The van der Waals surface area contributed by atoms with E-state index in [1.165, 1.54) is 0 Å². The van der Waals surface area contributed by atoms with Crippen LogP contribution in [0, 0.1) is 0 Å². The number of halogens is 1. The maximum Gasteiger partial charge on any atom is 0.235 e. The molecule has 44 heavy (non-hydrogen) atoms. The largest absolute Gasteiger partial charge is 0.367 e. The molecule has 4 aromatic rings. The molecule has 2 fully saturated rings. The van der Waals surface area contributed by atoms with E-state index in [0.29, 0.717) is 47.4 Å². The summed E-state index contributed by atoms with van der Waals surface area (Å²) in [5.41, 5.74) is 4.02. The molecular weight excluding hydrogens is 584 g/mol. The normalized spacial score (nSPS) is 19.0. The van der Waals surface area contributed by atoms with E-state index < -0.39 is 5.92 Å². The van der Waals surface area contributed by atoms with E-state index in [0.717, 1.165) is 54.1 Å². The van der Waals surface area contributed by atoms with E-state index in [9.17, 15) is 14.4 Å². The van der Waals surface area contributed by atoms with Crippen LogP contribution in [0.2, 0.25) is 5.02 Å². The summed E-state index contributed by atoms with van der Waals surface area (Å²) in [6.07, 6.45) is 4.44. The zero-order valence-corrected chi connectivity index (χ0v) is 25.1. The number of nitrogens with zero attached hydrogens (tertiary/aromatic N) is 7. The lowest BCUT2D eigenvalue weighted by Crippen LogP contribution is -2.40. The molecule has 2 saturated heterocycles. The van der Waals surface area contributed by atoms with Crippen molar-refractivity contribution in [1.82, 2.24) is 30.0 Å². The fraction of sp³-hybridized carbons (Fsp3) is 0.367. The van der Waals surface area contributed by atoms with Crippen molar-refractivity contribution in [3.05, 3.63) is 52.8 Å². The second kappa shape index (κ2) is 11.1. The van der Waals surface area contributed by atoms with Gasteiger partial charge >= 0.3 is 0 Å². The number of anilines is 5. The smallest absolute Gasteiger partial charge is 0.235 e. The average Bonchev–Trinajstić information content (AvgIpc) is 3.48. The maximum absolute atomic E-state index is 12.4. The Kier molecular flexibility index (Phi) is 7.04. The molecule has 3 aliphatic rings. The lowest BCUT2D eigenvalue weighted by molar-refractivity contribution is -0.134. The Bertz CT molecular complexity index is 1820. The summed E-state index contributed by atoms with van der Waals surface area (Å²) in [6.45, 7) is 1.50. The molecule has 3 aliphatic heterocycles. The Labute approximate surface area is 258 Å². The van der Waals surface area contributed by atoms with Crippen LogP contribution in [0.1, 0.15) is 42.9 Å². The number of hydrogen-bond acceptors (Lipinski definition) is 10.